The molecule has 0 spiro atoms. The minimum Gasteiger partial charge on any atom is -0.497 e. The number of esters is 1. The van der Waals surface area contributed by atoms with E-state index in [2.05, 4.69) is 0 Å². The molecule has 6 heteroatoms. The molecule has 0 bridgehead atoms. The quantitative estimate of drug-likeness (QED) is 0.176. The third-order valence-corrected chi connectivity index (χ3v) is 4.96. The van der Waals surface area contributed by atoms with Crippen LogP contribution >= 0.6 is 0 Å². The molecule has 6 nitrogen and oxygen atoms in total. The van der Waals surface area contributed by atoms with E-state index in [4.69, 9.17) is 18.6 Å². The van der Waals surface area contributed by atoms with Crippen LogP contribution in [0.25, 0.3) is 21.7 Å². The lowest BCUT2D eigenvalue weighted by Crippen LogP contribution is -2.09. The highest BCUT2D eigenvalue weighted by atomic mass is 16.5. The Morgan fingerprint density at radius 1 is 0.968 bits per heavy atom. The molecular formula is C25H22O6. The molecule has 158 valence electrons. The van der Waals surface area contributed by atoms with E-state index in [1.54, 1.807) is 13.2 Å². The molecule has 0 aliphatic heterocycles. The first kappa shape index (κ1) is 20.5. The third kappa shape index (κ3) is 4.86. The fourth-order valence-electron chi connectivity index (χ4n) is 3.44. The van der Waals surface area contributed by atoms with Gasteiger partial charge in [0.15, 0.2) is 0 Å². The Balaban J connectivity index is 1.36. The first-order valence-electron chi connectivity index (χ1n) is 10.0. The van der Waals surface area contributed by atoms with E-state index in [-0.39, 0.29) is 19.0 Å². The van der Waals surface area contributed by atoms with Gasteiger partial charge in [-0.25, -0.2) is 4.79 Å². The van der Waals surface area contributed by atoms with Gasteiger partial charge in [0.1, 0.15) is 23.7 Å². The second-order valence-electron chi connectivity index (χ2n) is 7.04. The van der Waals surface area contributed by atoms with Gasteiger partial charge in [-0.3, -0.25) is 4.79 Å². The van der Waals surface area contributed by atoms with Crippen molar-refractivity contribution in [1.82, 2.24) is 0 Å². The molecule has 1 heterocycles. The summed E-state index contributed by atoms with van der Waals surface area (Å²) < 4.78 is 21.5. The number of benzene rings is 3. The molecule has 0 amide bonds. The van der Waals surface area contributed by atoms with Gasteiger partial charge in [0.05, 0.1) is 13.7 Å². The highest BCUT2D eigenvalue weighted by Gasteiger charge is 2.12. The van der Waals surface area contributed by atoms with Gasteiger partial charge < -0.3 is 18.6 Å². The van der Waals surface area contributed by atoms with Gasteiger partial charge in [0.25, 0.3) is 0 Å². The Kier molecular flexibility index (Phi) is 6.17. The topological polar surface area (TPSA) is 75.0 Å². The molecule has 0 aliphatic carbocycles. The molecule has 4 rings (SSSR count). The molecule has 0 saturated carbocycles. The maximum atomic E-state index is 12.2. The van der Waals surface area contributed by atoms with E-state index in [9.17, 15) is 9.59 Å². The van der Waals surface area contributed by atoms with Gasteiger partial charge in [0, 0.05) is 23.4 Å². The largest absolute Gasteiger partial charge is 0.497 e. The van der Waals surface area contributed by atoms with Crippen molar-refractivity contribution in [3.63, 3.8) is 0 Å². The summed E-state index contributed by atoms with van der Waals surface area (Å²) in [6, 6.07) is 20.1. The van der Waals surface area contributed by atoms with Gasteiger partial charge in [-0.1, -0.05) is 30.3 Å². The summed E-state index contributed by atoms with van der Waals surface area (Å²) in [6.45, 7) is 0.401. The number of carbonyl (C=O) groups excluding carboxylic acids is 1. The smallest absolute Gasteiger partial charge is 0.336 e. The number of rotatable bonds is 8. The normalized spacial score (nSPS) is 10.9. The first-order chi connectivity index (χ1) is 15.1. The van der Waals surface area contributed by atoms with Crippen LogP contribution in [0.1, 0.15) is 18.4 Å². The van der Waals surface area contributed by atoms with Crippen LogP contribution in [0, 0.1) is 0 Å². The number of fused-ring (bicyclic) bond motifs is 3. The summed E-state index contributed by atoms with van der Waals surface area (Å²) in [5.41, 5.74) is 0.637. The monoisotopic (exact) mass is 418 g/mol. The van der Waals surface area contributed by atoms with Gasteiger partial charge in [-0.15, -0.1) is 0 Å². The van der Waals surface area contributed by atoms with E-state index in [1.807, 2.05) is 54.6 Å². The van der Waals surface area contributed by atoms with Gasteiger partial charge in [0.2, 0.25) is 0 Å². The van der Waals surface area contributed by atoms with Crippen molar-refractivity contribution in [2.24, 2.45) is 0 Å². The highest BCUT2D eigenvalue weighted by Crippen LogP contribution is 2.27. The summed E-state index contributed by atoms with van der Waals surface area (Å²) in [7, 11) is 1.61. The van der Waals surface area contributed by atoms with Crippen molar-refractivity contribution in [3.8, 4) is 11.5 Å². The maximum Gasteiger partial charge on any atom is 0.336 e. The fraction of sp³-hybridized carbons (Fsp3) is 0.200. The fourth-order valence-corrected chi connectivity index (χ4v) is 3.44. The average Bonchev–Trinajstić information content (AvgIpc) is 2.80. The zero-order valence-electron chi connectivity index (χ0n) is 17.1. The maximum absolute atomic E-state index is 12.2. The molecule has 4 aromatic rings. The molecule has 31 heavy (non-hydrogen) atoms. The lowest BCUT2D eigenvalue weighted by molar-refractivity contribution is -0.145. The van der Waals surface area contributed by atoms with Crippen molar-refractivity contribution >= 4 is 27.7 Å². The van der Waals surface area contributed by atoms with E-state index in [1.165, 1.54) is 6.07 Å². The summed E-state index contributed by atoms with van der Waals surface area (Å²) in [5, 5.41) is 2.75. The van der Waals surface area contributed by atoms with Gasteiger partial charge >= 0.3 is 11.6 Å². The minimum atomic E-state index is -0.471. The van der Waals surface area contributed by atoms with Crippen LogP contribution < -0.4 is 15.1 Å². The molecule has 1 aromatic heterocycles. The standard InChI is InChI=1S/C25H22O6/c1-28-19-9-11-20(12-10-19)29-14-4-7-23(26)30-16-18-15-24(27)31-22-13-8-17-5-2-3-6-21(17)25(18)22/h2-3,5-6,8-13,15H,4,7,14,16H2,1H3. The Morgan fingerprint density at radius 2 is 1.74 bits per heavy atom. The molecule has 0 saturated heterocycles. The van der Waals surface area contributed by atoms with Crippen LogP contribution in [0.3, 0.4) is 0 Å². The second kappa shape index (κ2) is 9.34. The van der Waals surface area contributed by atoms with Crippen molar-refractivity contribution in [3.05, 3.63) is 82.7 Å². The van der Waals surface area contributed by atoms with Gasteiger partial charge in [-0.2, -0.15) is 0 Å². The summed E-state index contributed by atoms with van der Waals surface area (Å²) in [6.07, 6.45) is 0.738. The summed E-state index contributed by atoms with van der Waals surface area (Å²) in [5.74, 6) is 1.12. The Hall–Kier alpha value is -3.80. The second-order valence-corrected chi connectivity index (χ2v) is 7.04. The van der Waals surface area contributed by atoms with Crippen LogP contribution in [0.4, 0.5) is 0 Å². The lowest BCUT2D eigenvalue weighted by atomic mass is 10.0. The lowest BCUT2D eigenvalue weighted by Gasteiger charge is -2.10. The number of ether oxygens (including phenoxy) is 3. The Morgan fingerprint density at radius 3 is 2.55 bits per heavy atom. The third-order valence-electron chi connectivity index (χ3n) is 4.96. The van der Waals surface area contributed by atoms with E-state index in [0.717, 1.165) is 21.9 Å². The van der Waals surface area contributed by atoms with Crippen LogP contribution in [0.5, 0.6) is 11.5 Å². The molecule has 0 unspecified atom stereocenters. The molecule has 0 radical (unpaired) electrons. The molecule has 0 fully saturated rings. The predicted octanol–water partition coefficient (Wildman–Crippen LogP) is 4.86. The zero-order chi connectivity index (χ0) is 21.6. The number of carbonyl (C=O) groups is 1. The number of methoxy groups -OCH3 is 1. The van der Waals surface area contributed by atoms with Crippen LogP contribution in [-0.2, 0) is 16.1 Å². The molecule has 0 N–H and O–H groups in total. The predicted molar refractivity (Wildman–Crippen MR) is 118 cm³/mol. The Labute approximate surface area is 179 Å². The molecule has 3 aromatic carbocycles. The Bertz CT molecular complexity index is 1260. The SMILES string of the molecule is COc1ccc(OCCCC(=O)OCc2cc(=O)oc3ccc4ccccc4c23)cc1. The van der Waals surface area contributed by atoms with Crippen molar-refractivity contribution in [2.75, 3.05) is 13.7 Å². The van der Waals surface area contributed by atoms with Crippen LogP contribution in [-0.4, -0.2) is 19.7 Å². The van der Waals surface area contributed by atoms with Crippen LogP contribution in [0.2, 0.25) is 0 Å². The summed E-state index contributed by atoms with van der Waals surface area (Å²) >= 11 is 0. The highest BCUT2D eigenvalue weighted by molar-refractivity contribution is 6.07. The van der Waals surface area contributed by atoms with E-state index in [0.29, 0.717) is 29.9 Å². The molecule has 0 aliphatic rings. The van der Waals surface area contributed by atoms with E-state index >= 15 is 0 Å². The zero-order valence-corrected chi connectivity index (χ0v) is 17.1. The van der Waals surface area contributed by atoms with Gasteiger partial charge in [-0.05, 0) is 47.5 Å². The number of hydrogen-bond acceptors (Lipinski definition) is 6. The van der Waals surface area contributed by atoms with Crippen molar-refractivity contribution < 1.29 is 23.4 Å². The first-order valence-corrected chi connectivity index (χ1v) is 10.0. The van der Waals surface area contributed by atoms with Crippen molar-refractivity contribution in [1.29, 1.82) is 0 Å². The average molecular weight is 418 g/mol. The van der Waals surface area contributed by atoms with E-state index < -0.39 is 5.63 Å². The number of hydrogen-bond donors (Lipinski definition) is 0. The molecule has 0 atom stereocenters. The minimum absolute atomic E-state index is 0.00821. The summed E-state index contributed by atoms with van der Waals surface area (Å²) in [4.78, 5) is 24.1. The molecular weight excluding hydrogens is 396 g/mol. The van der Waals surface area contributed by atoms with Crippen LogP contribution in [0.15, 0.2) is 75.9 Å². The van der Waals surface area contributed by atoms with Crippen molar-refractivity contribution in [2.45, 2.75) is 19.4 Å².